The van der Waals surface area contributed by atoms with E-state index in [1.165, 1.54) is 21.3 Å². The molecule has 106 valence electrons. The first-order chi connectivity index (χ1) is 9.69. The summed E-state index contributed by atoms with van der Waals surface area (Å²) < 4.78 is 1.20. The van der Waals surface area contributed by atoms with Crippen molar-refractivity contribution in [2.75, 3.05) is 26.0 Å². The number of nitrogens with one attached hydrogen (secondary N) is 1. The van der Waals surface area contributed by atoms with Crippen molar-refractivity contribution in [2.45, 2.75) is 13.0 Å². The smallest absolute Gasteiger partial charge is 0.0340 e. The van der Waals surface area contributed by atoms with Crippen molar-refractivity contribution in [3.63, 3.8) is 0 Å². The predicted molar refractivity (Wildman–Crippen MR) is 90.2 cm³/mol. The average molecular weight is 333 g/mol. The zero-order valence-electron chi connectivity index (χ0n) is 12.1. The summed E-state index contributed by atoms with van der Waals surface area (Å²) in [5.74, 6) is 0. The summed E-state index contributed by atoms with van der Waals surface area (Å²) in [7, 11) is 4.12. The lowest BCUT2D eigenvalue weighted by Crippen LogP contribution is -2.20. The molecular weight excluding hydrogens is 312 g/mol. The van der Waals surface area contributed by atoms with Crippen LogP contribution in [0.3, 0.4) is 0 Å². The van der Waals surface area contributed by atoms with Gasteiger partial charge in [0, 0.05) is 30.3 Å². The van der Waals surface area contributed by atoms with Crippen LogP contribution in [-0.2, 0) is 13.0 Å². The van der Waals surface area contributed by atoms with Crippen molar-refractivity contribution in [2.24, 2.45) is 0 Å². The molecule has 0 atom stereocenters. The highest BCUT2D eigenvalue weighted by atomic mass is 79.9. The fourth-order valence-electron chi connectivity index (χ4n) is 2.23. The van der Waals surface area contributed by atoms with E-state index in [0.29, 0.717) is 0 Å². The van der Waals surface area contributed by atoms with Crippen molar-refractivity contribution >= 4 is 21.6 Å². The molecule has 0 aliphatic carbocycles. The first kappa shape index (κ1) is 15.1. The van der Waals surface area contributed by atoms with E-state index in [4.69, 9.17) is 0 Å². The number of hydrogen-bond donors (Lipinski definition) is 1. The summed E-state index contributed by atoms with van der Waals surface area (Å²) in [6.45, 7) is 2.02. The highest BCUT2D eigenvalue weighted by Crippen LogP contribution is 2.17. The predicted octanol–water partition coefficient (Wildman–Crippen LogP) is 4.17. The third-order valence-electron chi connectivity index (χ3n) is 3.39. The second-order valence-electron chi connectivity index (χ2n) is 5.03. The maximum absolute atomic E-state index is 3.61. The van der Waals surface area contributed by atoms with Gasteiger partial charge in [-0.1, -0.05) is 46.3 Å². The molecule has 3 heteroatoms. The molecule has 0 saturated carbocycles. The number of rotatable bonds is 6. The second-order valence-corrected chi connectivity index (χ2v) is 5.88. The van der Waals surface area contributed by atoms with Crippen LogP contribution in [0.2, 0.25) is 0 Å². The summed E-state index contributed by atoms with van der Waals surface area (Å²) in [4.78, 5) is 2.36. The molecule has 0 radical (unpaired) electrons. The maximum Gasteiger partial charge on any atom is 0.0340 e. The first-order valence-corrected chi connectivity index (χ1v) is 7.67. The zero-order chi connectivity index (χ0) is 14.4. The van der Waals surface area contributed by atoms with Crippen molar-refractivity contribution in [3.05, 3.63) is 64.1 Å². The van der Waals surface area contributed by atoms with E-state index in [2.05, 4.69) is 81.7 Å². The Kier molecular flexibility index (Phi) is 5.62. The summed E-state index contributed by atoms with van der Waals surface area (Å²) in [6.07, 6.45) is 1.06. The van der Waals surface area contributed by atoms with Crippen molar-refractivity contribution in [1.82, 2.24) is 4.90 Å². The molecule has 2 nitrogen and oxygen atoms in total. The Balaban J connectivity index is 1.89. The lowest BCUT2D eigenvalue weighted by atomic mass is 10.1. The summed E-state index contributed by atoms with van der Waals surface area (Å²) in [5.41, 5.74) is 3.87. The maximum atomic E-state index is 3.61. The highest BCUT2D eigenvalue weighted by Gasteiger charge is 2.04. The standard InChI is InChI=1S/C17H21BrN2/c1-19-16-8-5-6-14(12-16)13-20(2)11-10-15-7-3-4-9-17(15)18/h3-9,12,19H,10-11,13H2,1-2H3. The Morgan fingerprint density at radius 3 is 2.65 bits per heavy atom. The minimum atomic E-state index is 0.972. The number of halogens is 1. The molecule has 0 unspecified atom stereocenters. The van der Waals surface area contributed by atoms with Gasteiger partial charge >= 0.3 is 0 Å². The molecule has 0 bridgehead atoms. The molecule has 0 saturated heterocycles. The van der Waals surface area contributed by atoms with Crippen molar-refractivity contribution in [1.29, 1.82) is 0 Å². The Bertz CT molecular complexity index is 554. The molecule has 0 aliphatic heterocycles. The van der Waals surface area contributed by atoms with E-state index >= 15 is 0 Å². The number of benzene rings is 2. The van der Waals surface area contributed by atoms with Gasteiger partial charge in [0.25, 0.3) is 0 Å². The van der Waals surface area contributed by atoms with Crippen LogP contribution in [0.1, 0.15) is 11.1 Å². The van der Waals surface area contributed by atoms with Gasteiger partial charge in [0.1, 0.15) is 0 Å². The molecule has 2 aromatic carbocycles. The van der Waals surface area contributed by atoms with Crippen LogP contribution in [0.15, 0.2) is 53.0 Å². The number of hydrogen-bond acceptors (Lipinski definition) is 2. The van der Waals surface area contributed by atoms with E-state index in [0.717, 1.165) is 19.5 Å². The van der Waals surface area contributed by atoms with Gasteiger partial charge in [-0.15, -0.1) is 0 Å². The largest absolute Gasteiger partial charge is 0.388 e. The average Bonchev–Trinajstić information content (AvgIpc) is 2.46. The third-order valence-corrected chi connectivity index (χ3v) is 4.16. The number of likely N-dealkylation sites (N-methyl/N-ethyl adjacent to an activating group) is 1. The molecule has 20 heavy (non-hydrogen) atoms. The Morgan fingerprint density at radius 1 is 1.10 bits per heavy atom. The summed E-state index contributed by atoms with van der Waals surface area (Å²) in [6, 6.07) is 17.0. The van der Waals surface area contributed by atoms with Crippen LogP contribution in [0.5, 0.6) is 0 Å². The van der Waals surface area contributed by atoms with Gasteiger partial charge in [-0.2, -0.15) is 0 Å². The van der Waals surface area contributed by atoms with E-state index in [9.17, 15) is 0 Å². The van der Waals surface area contributed by atoms with Gasteiger partial charge in [-0.05, 0) is 42.8 Å². The molecule has 2 rings (SSSR count). The van der Waals surface area contributed by atoms with Crippen molar-refractivity contribution in [3.8, 4) is 0 Å². The van der Waals surface area contributed by atoms with E-state index in [1.54, 1.807) is 0 Å². The summed E-state index contributed by atoms with van der Waals surface area (Å²) >= 11 is 3.61. The van der Waals surface area contributed by atoms with Gasteiger partial charge < -0.3 is 10.2 Å². The molecule has 0 spiro atoms. The molecule has 0 amide bonds. The van der Waals surface area contributed by atoms with Crippen LogP contribution in [0.4, 0.5) is 5.69 Å². The van der Waals surface area contributed by atoms with E-state index in [1.807, 2.05) is 7.05 Å². The van der Waals surface area contributed by atoms with Gasteiger partial charge in [0.15, 0.2) is 0 Å². The fourth-order valence-corrected chi connectivity index (χ4v) is 2.71. The second kappa shape index (κ2) is 7.46. The summed E-state index contributed by atoms with van der Waals surface area (Å²) in [5, 5.41) is 3.18. The normalized spacial score (nSPS) is 10.8. The SMILES string of the molecule is CNc1cccc(CN(C)CCc2ccccc2Br)c1. The monoisotopic (exact) mass is 332 g/mol. The Hall–Kier alpha value is -1.32. The molecule has 0 fully saturated rings. The molecule has 0 aliphatic rings. The van der Waals surface area contributed by atoms with Gasteiger partial charge in [-0.3, -0.25) is 0 Å². The third kappa shape index (κ3) is 4.36. The molecule has 0 aromatic heterocycles. The number of anilines is 1. The number of nitrogens with zero attached hydrogens (tertiary/aromatic N) is 1. The molecular formula is C17H21BrN2. The molecule has 1 N–H and O–H groups in total. The minimum absolute atomic E-state index is 0.972. The van der Waals surface area contributed by atoms with Gasteiger partial charge in [0.2, 0.25) is 0 Å². The van der Waals surface area contributed by atoms with Crippen LogP contribution in [-0.4, -0.2) is 25.5 Å². The topological polar surface area (TPSA) is 15.3 Å². The lowest BCUT2D eigenvalue weighted by Gasteiger charge is -2.17. The van der Waals surface area contributed by atoms with Crippen molar-refractivity contribution < 1.29 is 0 Å². The highest BCUT2D eigenvalue weighted by molar-refractivity contribution is 9.10. The fraction of sp³-hybridized carbons (Fsp3) is 0.294. The first-order valence-electron chi connectivity index (χ1n) is 6.87. The van der Waals surface area contributed by atoms with Crippen LogP contribution in [0, 0.1) is 0 Å². The van der Waals surface area contributed by atoms with E-state index in [-0.39, 0.29) is 0 Å². The van der Waals surface area contributed by atoms with Crippen LogP contribution in [0.25, 0.3) is 0 Å². The Morgan fingerprint density at radius 2 is 1.90 bits per heavy atom. The van der Waals surface area contributed by atoms with Gasteiger partial charge in [-0.25, -0.2) is 0 Å². The molecule has 0 heterocycles. The van der Waals surface area contributed by atoms with Crippen LogP contribution < -0.4 is 5.32 Å². The van der Waals surface area contributed by atoms with Crippen LogP contribution >= 0.6 is 15.9 Å². The quantitative estimate of drug-likeness (QED) is 0.854. The van der Waals surface area contributed by atoms with E-state index < -0.39 is 0 Å². The zero-order valence-corrected chi connectivity index (χ0v) is 13.7. The lowest BCUT2D eigenvalue weighted by molar-refractivity contribution is 0.331. The molecule has 2 aromatic rings. The Labute approximate surface area is 129 Å². The minimum Gasteiger partial charge on any atom is -0.388 e. The van der Waals surface area contributed by atoms with Gasteiger partial charge in [0.05, 0.1) is 0 Å².